The molecule has 0 spiro atoms. The van der Waals surface area contributed by atoms with Crippen molar-refractivity contribution in [2.24, 2.45) is 10.8 Å². The first-order valence-corrected chi connectivity index (χ1v) is 9.65. The predicted molar refractivity (Wildman–Crippen MR) is 105 cm³/mol. The summed E-state index contributed by atoms with van der Waals surface area (Å²) in [5.41, 5.74) is 5.57. The van der Waals surface area contributed by atoms with Gasteiger partial charge in [0, 0.05) is 6.07 Å². The van der Waals surface area contributed by atoms with E-state index in [1.165, 1.54) is 45.7 Å². The molecule has 2 aromatic rings. The van der Waals surface area contributed by atoms with Gasteiger partial charge in [0.25, 0.3) is 15.9 Å². The number of ether oxygens (including phenoxy) is 4. The molecule has 0 saturated heterocycles. The third-order valence-corrected chi connectivity index (χ3v) is 4.87. The Morgan fingerprint density at radius 3 is 2.38 bits per heavy atom. The Morgan fingerprint density at radius 1 is 1.03 bits per heavy atom. The summed E-state index contributed by atoms with van der Waals surface area (Å²) >= 11 is 0. The molecule has 0 unspecified atom stereocenters. The molecule has 156 valence electrons. The maximum Gasteiger partial charge on any atom is 0.280 e. The van der Waals surface area contributed by atoms with Crippen LogP contribution in [0.2, 0.25) is 0 Å². The number of nitrogens with zero attached hydrogens (tertiary/aromatic N) is 1. The molecule has 0 aliphatic rings. The summed E-state index contributed by atoms with van der Waals surface area (Å²) in [6.07, 6.45) is 1.29. The molecule has 0 bridgehead atoms. The van der Waals surface area contributed by atoms with E-state index in [4.69, 9.17) is 24.7 Å². The molecule has 3 N–H and O–H groups in total. The number of hydrogen-bond acceptors (Lipinski definition) is 8. The van der Waals surface area contributed by atoms with Gasteiger partial charge in [0.1, 0.15) is 16.4 Å². The Morgan fingerprint density at radius 2 is 1.76 bits per heavy atom. The van der Waals surface area contributed by atoms with Gasteiger partial charge in [-0.25, -0.2) is 0 Å². The highest BCUT2D eigenvalue weighted by molar-refractivity contribution is 7.89. The van der Waals surface area contributed by atoms with Crippen molar-refractivity contribution in [1.82, 2.24) is 4.83 Å². The van der Waals surface area contributed by atoms with Gasteiger partial charge in [-0.1, -0.05) is 0 Å². The van der Waals surface area contributed by atoms with E-state index in [1.54, 1.807) is 18.2 Å². The zero-order chi connectivity index (χ0) is 21.4. The van der Waals surface area contributed by atoms with Gasteiger partial charge in [-0.2, -0.15) is 18.4 Å². The molecule has 0 atom stereocenters. The van der Waals surface area contributed by atoms with Crippen LogP contribution in [0.15, 0.2) is 46.4 Å². The highest BCUT2D eigenvalue weighted by Crippen LogP contribution is 2.29. The molecule has 0 saturated carbocycles. The fourth-order valence-electron chi connectivity index (χ4n) is 2.25. The van der Waals surface area contributed by atoms with E-state index in [1.807, 2.05) is 0 Å². The van der Waals surface area contributed by atoms with Crippen LogP contribution < -0.4 is 29.5 Å². The number of carbonyl (C=O) groups excluding carboxylic acids is 1. The van der Waals surface area contributed by atoms with E-state index >= 15 is 0 Å². The van der Waals surface area contributed by atoms with Crippen molar-refractivity contribution in [3.63, 3.8) is 0 Å². The zero-order valence-corrected chi connectivity index (χ0v) is 16.9. The maximum atomic E-state index is 12.5. The smallest absolute Gasteiger partial charge is 0.280 e. The van der Waals surface area contributed by atoms with E-state index in [0.717, 1.165) is 0 Å². The summed E-state index contributed by atoms with van der Waals surface area (Å²) in [6.45, 7) is -0.298. The number of benzene rings is 2. The second-order valence-corrected chi connectivity index (χ2v) is 7.16. The predicted octanol–water partition coefficient (Wildman–Crippen LogP) is 0.889. The summed E-state index contributed by atoms with van der Waals surface area (Å²) in [5.74, 6) is 0.586. The number of hydrogen-bond donors (Lipinski definition) is 2. The molecule has 0 radical (unpaired) electrons. The van der Waals surface area contributed by atoms with E-state index in [9.17, 15) is 13.2 Å². The van der Waals surface area contributed by atoms with Crippen LogP contribution in [0.4, 0.5) is 0 Å². The number of amides is 1. The van der Waals surface area contributed by atoms with Crippen LogP contribution in [0.1, 0.15) is 5.56 Å². The first-order chi connectivity index (χ1) is 13.8. The maximum absolute atomic E-state index is 12.5. The number of nitrogens with one attached hydrogen (secondary N) is 1. The topological polar surface area (TPSA) is 139 Å². The SMILES string of the molecule is COc1ccc(S(=O)(=O)NN=Cc2ccc(OCC(N)=O)c(OC)c2)c(OC)c1. The molecule has 29 heavy (non-hydrogen) atoms. The van der Waals surface area contributed by atoms with Gasteiger partial charge in [0.05, 0.1) is 27.5 Å². The molecule has 0 fully saturated rings. The highest BCUT2D eigenvalue weighted by atomic mass is 32.2. The average Bonchev–Trinajstić information content (AvgIpc) is 2.71. The van der Waals surface area contributed by atoms with Crippen molar-refractivity contribution in [2.45, 2.75) is 4.90 Å². The van der Waals surface area contributed by atoms with E-state index < -0.39 is 15.9 Å². The monoisotopic (exact) mass is 423 g/mol. The molecule has 1 amide bonds. The second kappa shape index (κ2) is 9.64. The molecular weight excluding hydrogens is 402 g/mol. The number of methoxy groups -OCH3 is 3. The van der Waals surface area contributed by atoms with E-state index in [0.29, 0.717) is 22.8 Å². The van der Waals surface area contributed by atoms with Crippen molar-refractivity contribution in [2.75, 3.05) is 27.9 Å². The molecule has 10 nitrogen and oxygen atoms in total. The third-order valence-electron chi connectivity index (χ3n) is 3.60. The van der Waals surface area contributed by atoms with Gasteiger partial charge in [0.15, 0.2) is 18.1 Å². The minimum Gasteiger partial charge on any atom is -0.497 e. The lowest BCUT2D eigenvalue weighted by molar-refractivity contribution is -0.119. The Bertz CT molecular complexity index is 1010. The Balaban J connectivity index is 2.17. The summed E-state index contributed by atoms with van der Waals surface area (Å²) in [5, 5.41) is 3.77. The fourth-order valence-corrected chi connectivity index (χ4v) is 3.19. The Labute approximate surface area is 168 Å². The molecule has 0 heterocycles. The molecule has 0 aromatic heterocycles. The first kappa shape index (κ1) is 21.8. The third kappa shape index (κ3) is 5.75. The van der Waals surface area contributed by atoms with Crippen LogP contribution in [-0.4, -0.2) is 48.5 Å². The van der Waals surface area contributed by atoms with E-state index in [-0.39, 0.29) is 17.3 Å². The largest absolute Gasteiger partial charge is 0.497 e. The van der Waals surface area contributed by atoms with Crippen LogP contribution in [0.3, 0.4) is 0 Å². The second-order valence-electron chi connectivity index (χ2n) is 5.53. The number of sulfonamides is 1. The Kier molecular flexibility index (Phi) is 7.26. The van der Waals surface area contributed by atoms with Crippen LogP contribution in [-0.2, 0) is 14.8 Å². The van der Waals surface area contributed by atoms with Crippen LogP contribution in [0.5, 0.6) is 23.0 Å². The van der Waals surface area contributed by atoms with Gasteiger partial charge in [0.2, 0.25) is 0 Å². The first-order valence-electron chi connectivity index (χ1n) is 8.16. The quantitative estimate of drug-likeness (QED) is 0.427. The zero-order valence-electron chi connectivity index (χ0n) is 16.0. The van der Waals surface area contributed by atoms with Gasteiger partial charge < -0.3 is 24.7 Å². The minimum atomic E-state index is -3.98. The minimum absolute atomic E-state index is 0.0919. The molecule has 0 aliphatic carbocycles. The molecular formula is C18H21N3O7S. The lowest BCUT2D eigenvalue weighted by Crippen LogP contribution is -2.20. The van der Waals surface area contributed by atoms with Crippen molar-refractivity contribution in [1.29, 1.82) is 0 Å². The van der Waals surface area contributed by atoms with Crippen LogP contribution in [0.25, 0.3) is 0 Å². The van der Waals surface area contributed by atoms with Gasteiger partial charge >= 0.3 is 0 Å². The number of nitrogens with two attached hydrogens (primary N) is 1. The molecule has 2 aromatic carbocycles. The number of primary amides is 1. The number of hydrazone groups is 1. The molecule has 11 heteroatoms. The lowest BCUT2D eigenvalue weighted by Gasteiger charge is -2.11. The van der Waals surface area contributed by atoms with Crippen LogP contribution in [0, 0.1) is 0 Å². The van der Waals surface area contributed by atoms with Crippen molar-refractivity contribution in [3.05, 3.63) is 42.0 Å². The summed E-state index contributed by atoms with van der Waals surface area (Å²) in [7, 11) is 0.261. The summed E-state index contributed by atoms with van der Waals surface area (Å²) in [4.78, 5) is 12.9. The van der Waals surface area contributed by atoms with Crippen molar-refractivity contribution in [3.8, 4) is 23.0 Å². The van der Waals surface area contributed by atoms with Crippen LogP contribution >= 0.6 is 0 Å². The fraction of sp³-hybridized carbons (Fsp3) is 0.222. The summed E-state index contributed by atoms with van der Waals surface area (Å²) in [6, 6.07) is 9.00. The summed E-state index contributed by atoms with van der Waals surface area (Å²) < 4.78 is 45.6. The van der Waals surface area contributed by atoms with E-state index in [2.05, 4.69) is 9.93 Å². The van der Waals surface area contributed by atoms with Crippen molar-refractivity contribution >= 4 is 22.1 Å². The highest BCUT2D eigenvalue weighted by Gasteiger charge is 2.19. The van der Waals surface area contributed by atoms with Gasteiger partial charge in [-0.15, -0.1) is 0 Å². The number of carbonyl (C=O) groups is 1. The lowest BCUT2D eigenvalue weighted by atomic mass is 10.2. The standard InChI is InChI=1S/C18H21N3O7S/c1-25-13-5-7-17(16(9-13)27-3)29(23,24)21-20-10-12-4-6-14(15(8-12)26-2)28-11-18(19)22/h4-10,21H,11H2,1-3H3,(H2,19,22). The van der Waals surface area contributed by atoms with Crippen molar-refractivity contribution < 1.29 is 32.2 Å². The van der Waals surface area contributed by atoms with Gasteiger partial charge in [-0.3, -0.25) is 4.79 Å². The number of rotatable bonds is 10. The molecule has 2 rings (SSSR count). The molecule has 0 aliphatic heterocycles. The Hall–Kier alpha value is -3.47. The normalized spacial score (nSPS) is 11.1. The average molecular weight is 423 g/mol. The van der Waals surface area contributed by atoms with Gasteiger partial charge in [-0.05, 0) is 35.9 Å².